The molecule has 0 spiro atoms. The van der Waals surface area contributed by atoms with Crippen LogP contribution in [0.1, 0.15) is 43.7 Å². The van der Waals surface area contributed by atoms with E-state index < -0.39 is 0 Å². The van der Waals surface area contributed by atoms with Crippen molar-refractivity contribution < 1.29 is 9.84 Å². The standard InChI is InChI=1S/C20H22O2/c1-2-3-4-5-16-22-20-14-10-18(11-15-20)7-6-17-8-12-19(21)13-9-17/h8-15,21H,2-5,16H2,1H3. The summed E-state index contributed by atoms with van der Waals surface area (Å²) in [6, 6.07) is 14.7. The Bertz CT molecular complexity index is 615. The third-order valence-electron chi connectivity index (χ3n) is 3.34. The Morgan fingerprint density at radius 3 is 2.00 bits per heavy atom. The first-order valence-electron chi connectivity index (χ1n) is 7.82. The molecule has 0 aliphatic carbocycles. The zero-order valence-corrected chi connectivity index (χ0v) is 13.0. The smallest absolute Gasteiger partial charge is 0.119 e. The molecule has 0 aromatic heterocycles. The Kier molecular flexibility index (Phi) is 6.39. The van der Waals surface area contributed by atoms with Crippen LogP contribution in [0.25, 0.3) is 0 Å². The van der Waals surface area contributed by atoms with Gasteiger partial charge in [0.05, 0.1) is 6.61 Å². The van der Waals surface area contributed by atoms with Crippen LogP contribution >= 0.6 is 0 Å². The summed E-state index contributed by atoms with van der Waals surface area (Å²) in [5.41, 5.74) is 1.83. The molecule has 1 N–H and O–H groups in total. The molecule has 0 saturated carbocycles. The molecule has 0 amide bonds. The molecule has 2 rings (SSSR count). The molecule has 22 heavy (non-hydrogen) atoms. The van der Waals surface area contributed by atoms with Crippen LogP contribution in [0.2, 0.25) is 0 Å². The fourth-order valence-electron chi connectivity index (χ4n) is 2.04. The van der Waals surface area contributed by atoms with Crippen LogP contribution in [0.3, 0.4) is 0 Å². The molecule has 114 valence electrons. The Morgan fingerprint density at radius 1 is 0.818 bits per heavy atom. The van der Waals surface area contributed by atoms with Crippen molar-refractivity contribution >= 4 is 0 Å². The fraction of sp³-hybridized carbons (Fsp3) is 0.300. The molecule has 0 radical (unpaired) electrons. The molecule has 2 aromatic rings. The molecular formula is C20H22O2. The fourth-order valence-corrected chi connectivity index (χ4v) is 2.04. The lowest BCUT2D eigenvalue weighted by Gasteiger charge is -2.05. The molecular weight excluding hydrogens is 272 g/mol. The number of phenols is 1. The SMILES string of the molecule is CCCCCCOc1ccc(C#Cc2ccc(O)cc2)cc1. The van der Waals surface area contributed by atoms with Crippen LogP contribution in [0, 0.1) is 11.8 Å². The minimum Gasteiger partial charge on any atom is -0.508 e. The van der Waals surface area contributed by atoms with Gasteiger partial charge in [-0.25, -0.2) is 0 Å². The Hall–Kier alpha value is -2.40. The topological polar surface area (TPSA) is 29.5 Å². The highest BCUT2D eigenvalue weighted by atomic mass is 16.5. The third-order valence-corrected chi connectivity index (χ3v) is 3.34. The number of aromatic hydroxyl groups is 1. The molecule has 2 aromatic carbocycles. The maximum absolute atomic E-state index is 9.23. The van der Waals surface area contributed by atoms with Crippen LogP contribution in [0.15, 0.2) is 48.5 Å². The highest BCUT2D eigenvalue weighted by Crippen LogP contribution is 2.13. The normalized spacial score (nSPS) is 9.86. The van der Waals surface area contributed by atoms with Crippen molar-refractivity contribution in [3.63, 3.8) is 0 Å². The molecule has 2 nitrogen and oxygen atoms in total. The van der Waals surface area contributed by atoms with Gasteiger partial charge in [-0.2, -0.15) is 0 Å². The molecule has 0 aliphatic heterocycles. The van der Waals surface area contributed by atoms with Gasteiger partial charge in [-0.05, 0) is 55.0 Å². The van der Waals surface area contributed by atoms with Gasteiger partial charge in [0.15, 0.2) is 0 Å². The highest BCUT2D eigenvalue weighted by molar-refractivity contribution is 5.45. The van der Waals surface area contributed by atoms with Gasteiger partial charge in [0.2, 0.25) is 0 Å². The van der Waals surface area contributed by atoms with Gasteiger partial charge in [-0.15, -0.1) is 0 Å². The Morgan fingerprint density at radius 2 is 1.41 bits per heavy atom. The van der Waals surface area contributed by atoms with Crippen LogP contribution < -0.4 is 4.74 Å². The van der Waals surface area contributed by atoms with Gasteiger partial charge >= 0.3 is 0 Å². The average Bonchev–Trinajstić information content (AvgIpc) is 2.55. The number of rotatable bonds is 6. The molecule has 0 unspecified atom stereocenters. The van der Waals surface area contributed by atoms with E-state index in [0.29, 0.717) is 0 Å². The van der Waals surface area contributed by atoms with E-state index in [-0.39, 0.29) is 5.75 Å². The van der Waals surface area contributed by atoms with Crippen molar-refractivity contribution in [1.82, 2.24) is 0 Å². The molecule has 0 bridgehead atoms. The van der Waals surface area contributed by atoms with Gasteiger partial charge in [-0.1, -0.05) is 38.0 Å². The number of hydrogen-bond acceptors (Lipinski definition) is 2. The van der Waals surface area contributed by atoms with E-state index in [1.54, 1.807) is 24.3 Å². The maximum Gasteiger partial charge on any atom is 0.119 e. The lowest BCUT2D eigenvalue weighted by Crippen LogP contribution is -1.96. The maximum atomic E-state index is 9.23. The molecule has 0 saturated heterocycles. The number of ether oxygens (including phenoxy) is 1. The van der Waals surface area contributed by atoms with Crippen molar-refractivity contribution in [2.24, 2.45) is 0 Å². The minimum absolute atomic E-state index is 0.256. The Labute approximate surface area is 132 Å². The zero-order valence-electron chi connectivity index (χ0n) is 13.0. The minimum atomic E-state index is 0.256. The molecule has 0 atom stereocenters. The van der Waals surface area contributed by atoms with E-state index in [1.165, 1.54) is 19.3 Å². The van der Waals surface area contributed by atoms with E-state index >= 15 is 0 Å². The quantitative estimate of drug-likeness (QED) is 0.615. The van der Waals surface area contributed by atoms with Crippen molar-refractivity contribution in [1.29, 1.82) is 0 Å². The van der Waals surface area contributed by atoms with Crippen molar-refractivity contribution in [2.75, 3.05) is 6.61 Å². The average molecular weight is 294 g/mol. The van der Waals surface area contributed by atoms with Gasteiger partial charge in [0, 0.05) is 11.1 Å². The van der Waals surface area contributed by atoms with Crippen molar-refractivity contribution in [3.05, 3.63) is 59.7 Å². The number of hydrogen-bond donors (Lipinski definition) is 1. The van der Waals surface area contributed by atoms with E-state index in [4.69, 9.17) is 4.74 Å². The first kappa shape index (κ1) is 16.0. The first-order chi connectivity index (χ1) is 10.8. The summed E-state index contributed by atoms with van der Waals surface area (Å²) in [6.07, 6.45) is 4.85. The number of unbranched alkanes of at least 4 members (excludes halogenated alkanes) is 3. The van der Waals surface area contributed by atoms with Crippen LogP contribution in [-0.4, -0.2) is 11.7 Å². The largest absolute Gasteiger partial charge is 0.508 e. The first-order valence-corrected chi connectivity index (χ1v) is 7.82. The second-order valence-corrected chi connectivity index (χ2v) is 5.23. The van der Waals surface area contributed by atoms with Gasteiger partial charge in [0.25, 0.3) is 0 Å². The van der Waals surface area contributed by atoms with E-state index in [1.807, 2.05) is 24.3 Å². The monoisotopic (exact) mass is 294 g/mol. The predicted molar refractivity (Wildman–Crippen MR) is 90.2 cm³/mol. The summed E-state index contributed by atoms with van der Waals surface area (Å²) < 4.78 is 5.71. The van der Waals surface area contributed by atoms with E-state index in [9.17, 15) is 5.11 Å². The summed E-state index contributed by atoms with van der Waals surface area (Å²) in [6.45, 7) is 2.98. The summed E-state index contributed by atoms with van der Waals surface area (Å²) >= 11 is 0. The van der Waals surface area contributed by atoms with Crippen molar-refractivity contribution in [2.45, 2.75) is 32.6 Å². The van der Waals surface area contributed by atoms with E-state index in [2.05, 4.69) is 18.8 Å². The summed E-state index contributed by atoms with van der Waals surface area (Å²) in [4.78, 5) is 0. The second-order valence-electron chi connectivity index (χ2n) is 5.23. The van der Waals surface area contributed by atoms with Crippen molar-refractivity contribution in [3.8, 4) is 23.3 Å². The van der Waals surface area contributed by atoms with Crippen LogP contribution in [0.4, 0.5) is 0 Å². The predicted octanol–water partition coefficient (Wildman–Crippen LogP) is 4.75. The second kappa shape index (κ2) is 8.79. The molecule has 0 heterocycles. The highest BCUT2D eigenvalue weighted by Gasteiger charge is 1.94. The molecule has 0 aliphatic rings. The zero-order chi connectivity index (χ0) is 15.6. The van der Waals surface area contributed by atoms with Gasteiger partial charge < -0.3 is 9.84 Å². The van der Waals surface area contributed by atoms with Gasteiger partial charge in [-0.3, -0.25) is 0 Å². The van der Waals surface area contributed by atoms with Crippen LogP contribution in [-0.2, 0) is 0 Å². The summed E-state index contributed by atoms with van der Waals surface area (Å²) in [5, 5.41) is 9.23. The summed E-state index contributed by atoms with van der Waals surface area (Å²) in [7, 11) is 0. The van der Waals surface area contributed by atoms with Crippen LogP contribution in [0.5, 0.6) is 11.5 Å². The Balaban J connectivity index is 1.85. The molecule has 0 fully saturated rings. The number of phenolic OH excluding ortho intramolecular Hbond substituents is 1. The molecule has 2 heteroatoms. The summed E-state index contributed by atoms with van der Waals surface area (Å²) in [5.74, 6) is 7.33. The third kappa shape index (κ3) is 5.54. The van der Waals surface area contributed by atoms with E-state index in [0.717, 1.165) is 29.9 Å². The lowest BCUT2D eigenvalue weighted by atomic mass is 10.2. The lowest BCUT2D eigenvalue weighted by molar-refractivity contribution is 0.305. The number of benzene rings is 2. The van der Waals surface area contributed by atoms with Gasteiger partial charge in [0.1, 0.15) is 11.5 Å².